The highest BCUT2D eigenvalue weighted by Crippen LogP contribution is 2.28. The molecule has 1 fully saturated rings. The molecule has 1 aliphatic rings. The summed E-state index contributed by atoms with van der Waals surface area (Å²) in [4.78, 5) is 12.7. The van der Waals surface area contributed by atoms with E-state index in [-0.39, 0.29) is 0 Å². The number of likely N-dealkylation sites (N-methyl/N-ethyl adjacent to an activating group) is 1. The fourth-order valence-electron chi connectivity index (χ4n) is 2.11. The maximum atomic E-state index is 10.5. The summed E-state index contributed by atoms with van der Waals surface area (Å²) < 4.78 is 5.64. The van der Waals surface area contributed by atoms with Crippen LogP contribution in [-0.4, -0.2) is 42.8 Å². The van der Waals surface area contributed by atoms with Crippen molar-refractivity contribution in [3.63, 3.8) is 0 Å². The number of carboxylic acids is 1. The first-order valence-electron chi connectivity index (χ1n) is 7.40. The van der Waals surface area contributed by atoms with Crippen molar-refractivity contribution >= 4 is 12.0 Å². The van der Waals surface area contributed by atoms with Crippen molar-refractivity contribution in [3.8, 4) is 0 Å². The van der Waals surface area contributed by atoms with E-state index in [1.165, 1.54) is 18.4 Å². The third kappa shape index (κ3) is 6.56. The molecular formula is C17H23NO3. The van der Waals surface area contributed by atoms with E-state index in [0.717, 1.165) is 43.9 Å². The molecule has 0 unspecified atom stereocenters. The number of aliphatic carboxylic acids is 1. The highest BCUT2D eigenvalue weighted by molar-refractivity contribution is 5.85. The van der Waals surface area contributed by atoms with E-state index in [2.05, 4.69) is 18.0 Å². The minimum atomic E-state index is -0.926. The molecule has 0 spiro atoms. The largest absolute Gasteiger partial charge is 0.478 e. The lowest BCUT2D eigenvalue weighted by molar-refractivity contribution is -0.131. The third-order valence-electron chi connectivity index (χ3n) is 3.49. The summed E-state index contributed by atoms with van der Waals surface area (Å²) in [5, 5.41) is 8.64. The molecule has 1 N–H and O–H groups in total. The predicted octanol–water partition coefficient (Wildman–Crippen LogP) is 2.64. The third-order valence-corrected chi connectivity index (χ3v) is 3.49. The van der Waals surface area contributed by atoms with Gasteiger partial charge in [-0.05, 0) is 43.0 Å². The minimum Gasteiger partial charge on any atom is -0.478 e. The highest BCUT2D eigenvalue weighted by atomic mass is 16.5. The van der Waals surface area contributed by atoms with Crippen molar-refractivity contribution in [2.45, 2.75) is 19.4 Å². The maximum absolute atomic E-state index is 10.5. The van der Waals surface area contributed by atoms with Crippen LogP contribution in [0.3, 0.4) is 0 Å². The summed E-state index contributed by atoms with van der Waals surface area (Å²) in [7, 11) is 2.07. The minimum absolute atomic E-state index is 0.769. The maximum Gasteiger partial charge on any atom is 0.328 e. The van der Waals surface area contributed by atoms with E-state index in [4.69, 9.17) is 9.84 Å². The molecule has 1 aromatic rings. The van der Waals surface area contributed by atoms with Crippen LogP contribution in [0.15, 0.2) is 30.3 Å². The average Bonchev–Trinajstić information content (AvgIpc) is 3.26. The molecule has 0 radical (unpaired) electrons. The van der Waals surface area contributed by atoms with Crippen LogP contribution in [0.4, 0.5) is 0 Å². The van der Waals surface area contributed by atoms with Crippen LogP contribution < -0.4 is 0 Å². The molecule has 4 nitrogen and oxygen atoms in total. The molecule has 0 heterocycles. The smallest absolute Gasteiger partial charge is 0.328 e. The van der Waals surface area contributed by atoms with Crippen molar-refractivity contribution in [1.82, 2.24) is 4.90 Å². The van der Waals surface area contributed by atoms with E-state index in [1.807, 2.05) is 18.2 Å². The summed E-state index contributed by atoms with van der Waals surface area (Å²) in [6.45, 7) is 3.42. The van der Waals surface area contributed by atoms with Gasteiger partial charge in [0, 0.05) is 25.8 Å². The number of ether oxygens (including phenoxy) is 1. The molecule has 1 saturated carbocycles. The lowest BCUT2D eigenvalue weighted by Gasteiger charge is -2.17. The SMILES string of the molecule is CN(CCOCC1CC1)Cc1cccc(/C=C/C(=O)O)c1. The van der Waals surface area contributed by atoms with E-state index in [9.17, 15) is 4.79 Å². The number of carboxylic acid groups (broad SMARTS) is 1. The Labute approximate surface area is 126 Å². The molecule has 4 heteroatoms. The fraction of sp³-hybridized carbons (Fsp3) is 0.471. The van der Waals surface area contributed by atoms with Crippen molar-refractivity contribution in [2.24, 2.45) is 5.92 Å². The molecule has 21 heavy (non-hydrogen) atoms. The number of hydrogen-bond acceptors (Lipinski definition) is 3. The van der Waals surface area contributed by atoms with Gasteiger partial charge in [-0.15, -0.1) is 0 Å². The molecule has 0 atom stereocenters. The number of rotatable bonds is 9. The van der Waals surface area contributed by atoms with Gasteiger partial charge in [0.2, 0.25) is 0 Å². The second-order valence-electron chi connectivity index (χ2n) is 5.67. The van der Waals surface area contributed by atoms with Gasteiger partial charge in [0.05, 0.1) is 6.61 Å². The van der Waals surface area contributed by atoms with E-state index >= 15 is 0 Å². The van der Waals surface area contributed by atoms with Crippen molar-refractivity contribution in [3.05, 3.63) is 41.5 Å². The van der Waals surface area contributed by atoms with Crippen molar-refractivity contribution < 1.29 is 14.6 Å². The van der Waals surface area contributed by atoms with Crippen LogP contribution in [-0.2, 0) is 16.1 Å². The summed E-state index contributed by atoms with van der Waals surface area (Å²) in [5.41, 5.74) is 2.08. The zero-order valence-electron chi connectivity index (χ0n) is 12.5. The van der Waals surface area contributed by atoms with E-state index in [1.54, 1.807) is 6.08 Å². The summed E-state index contributed by atoms with van der Waals surface area (Å²) in [5.74, 6) is -0.113. The summed E-state index contributed by atoms with van der Waals surface area (Å²) >= 11 is 0. The van der Waals surface area contributed by atoms with Crippen LogP contribution in [0.1, 0.15) is 24.0 Å². The Hall–Kier alpha value is -1.65. The average molecular weight is 289 g/mol. The Balaban J connectivity index is 1.75. The Bertz CT molecular complexity index is 495. The van der Waals surface area contributed by atoms with Crippen LogP contribution in [0, 0.1) is 5.92 Å². The number of carbonyl (C=O) groups is 1. The van der Waals surface area contributed by atoms with E-state index < -0.39 is 5.97 Å². The Morgan fingerprint density at radius 2 is 2.29 bits per heavy atom. The zero-order chi connectivity index (χ0) is 15.1. The number of nitrogens with zero attached hydrogens (tertiary/aromatic N) is 1. The Kier molecular flexibility index (Phi) is 5.96. The first kappa shape index (κ1) is 15.7. The molecule has 0 amide bonds. The molecule has 114 valence electrons. The molecule has 1 aromatic carbocycles. The van der Waals surface area contributed by atoms with Crippen LogP contribution in [0.5, 0.6) is 0 Å². The summed E-state index contributed by atoms with van der Waals surface area (Å²) in [6, 6.07) is 7.93. The second kappa shape index (κ2) is 7.96. The van der Waals surface area contributed by atoms with E-state index in [0.29, 0.717) is 0 Å². The van der Waals surface area contributed by atoms with Gasteiger partial charge in [0.15, 0.2) is 0 Å². The predicted molar refractivity (Wildman–Crippen MR) is 83.0 cm³/mol. The topological polar surface area (TPSA) is 49.8 Å². The Morgan fingerprint density at radius 3 is 3.00 bits per heavy atom. The highest BCUT2D eigenvalue weighted by Gasteiger charge is 2.20. The van der Waals surface area contributed by atoms with Gasteiger partial charge in [-0.1, -0.05) is 24.3 Å². The molecule has 0 bridgehead atoms. The number of benzene rings is 1. The Morgan fingerprint density at radius 1 is 1.48 bits per heavy atom. The molecule has 1 aliphatic carbocycles. The second-order valence-corrected chi connectivity index (χ2v) is 5.67. The van der Waals surface area contributed by atoms with Crippen molar-refractivity contribution in [1.29, 1.82) is 0 Å². The molecular weight excluding hydrogens is 266 g/mol. The fourth-order valence-corrected chi connectivity index (χ4v) is 2.11. The molecule has 0 aliphatic heterocycles. The normalized spacial score (nSPS) is 15.0. The van der Waals surface area contributed by atoms with Gasteiger partial charge in [-0.2, -0.15) is 0 Å². The van der Waals surface area contributed by atoms with Gasteiger partial charge in [-0.3, -0.25) is 4.90 Å². The van der Waals surface area contributed by atoms with Crippen molar-refractivity contribution in [2.75, 3.05) is 26.8 Å². The number of hydrogen-bond donors (Lipinski definition) is 1. The van der Waals surface area contributed by atoms with Crippen LogP contribution in [0.25, 0.3) is 6.08 Å². The van der Waals surface area contributed by atoms with Gasteiger partial charge < -0.3 is 9.84 Å². The molecule has 0 aromatic heterocycles. The van der Waals surface area contributed by atoms with Gasteiger partial charge in [-0.25, -0.2) is 4.79 Å². The standard InChI is InChI=1S/C17H23NO3/c1-18(9-10-21-13-15-5-6-15)12-16-4-2-3-14(11-16)7-8-17(19)20/h2-4,7-8,11,15H,5-6,9-10,12-13H2,1H3,(H,19,20)/b8-7+. The van der Waals surface area contributed by atoms with Crippen LogP contribution in [0.2, 0.25) is 0 Å². The monoisotopic (exact) mass is 289 g/mol. The first-order chi connectivity index (χ1) is 10.1. The van der Waals surface area contributed by atoms with Gasteiger partial charge >= 0.3 is 5.97 Å². The molecule has 2 rings (SSSR count). The lowest BCUT2D eigenvalue weighted by Crippen LogP contribution is -2.23. The zero-order valence-corrected chi connectivity index (χ0v) is 12.5. The van der Waals surface area contributed by atoms with Gasteiger partial charge in [0.25, 0.3) is 0 Å². The van der Waals surface area contributed by atoms with Crippen LogP contribution >= 0.6 is 0 Å². The van der Waals surface area contributed by atoms with Gasteiger partial charge in [0.1, 0.15) is 0 Å². The molecule has 0 saturated heterocycles. The summed E-state index contributed by atoms with van der Waals surface area (Å²) in [6.07, 6.45) is 5.43. The lowest BCUT2D eigenvalue weighted by atomic mass is 10.1. The first-order valence-corrected chi connectivity index (χ1v) is 7.40. The quantitative estimate of drug-likeness (QED) is 0.561.